The molecule has 0 spiro atoms. The van der Waals surface area contributed by atoms with Crippen molar-refractivity contribution in [2.24, 2.45) is 5.41 Å². The number of H-pyrrole nitrogens is 1. The van der Waals surface area contributed by atoms with Crippen molar-refractivity contribution in [2.45, 2.75) is 39.5 Å². The zero-order valence-corrected chi connectivity index (χ0v) is 18.3. The molecule has 31 heavy (non-hydrogen) atoms. The first-order valence-electron chi connectivity index (χ1n) is 9.94. The lowest BCUT2D eigenvalue weighted by atomic mass is 9.75. The molecule has 0 saturated carbocycles. The van der Waals surface area contributed by atoms with Crippen molar-refractivity contribution in [3.8, 4) is 17.3 Å². The average molecular weight is 432 g/mol. The second-order valence-corrected chi connectivity index (χ2v) is 9.60. The van der Waals surface area contributed by atoms with Crippen molar-refractivity contribution in [3.05, 3.63) is 73.5 Å². The summed E-state index contributed by atoms with van der Waals surface area (Å²) in [7, 11) is 0. The van der Waals surface area contributed by atoms with Gasteiger partial charge >= 0.3 is 0 Å². The molecule has 4 rings (SSSR count). The molecule has 0 radical (unpaired) electrons. The lowest BCUT2D eigenvalue weighted by molar-refractivity contribution is 0.0910. The van der Waals surface area contributed by atoms with Crippen molar-refractivity contribution < 1.29 is 9.59 Å². The van der Waals surface area contributed by atoms with E-state index in [1.165, 1.54) is 17.4 Å². The van der Waals surface area contributed by atoms with Gasteiger partial charge in [-0.25, -0.2) is 4.98 Å². The highest BCUT2D eigenvalue weighted by Gasteiger charge is 2.34. The third-order valence-electron chi connectivity index (χ3n) is 5.49. The SMILES string of the molecule is Cc1ccc(-c2csc(C(C#N)C(=O)c3cc4c([nH]c3=O)CC(C)(C)CC4=O)n2)cc1. The number of carbonyl (C=O) groups excluding carboxylic acids is 2. The maximum atomic E-state index is 13.1. The lowest BCUT2D eigenvalue weighted by Gasteiger charge is -2.29. The Hall–Kier alpha value is -3.37. The molecule has 0 aliphatic heterocycles. The Kier molecular flexibility index (Phi) is 5.19. The summed E-state index contributed by atoms with van der Waals surface area (Å²) in [6.45, 7) is 5.92. The number of fused-ring (bicyclic) bond motifs is 1. The summed E-state index contributed by atoms with van der Waals surface area (Å²) in [6, 6.07) is 11.1. The first-order valence-corrected chi connectivity index (χ1v) is 10.8. The van der Waals surface area contributed by atoms with Crippen LogP contribution in [0, 0.1) is 23.7 Å². The number of thiazole rings is 1. The maximum Gasteiger partial charge on any atom is 0.259 e. The van der Waals surface area contributed by atoms with E-state index in [-0.39, 0.29) is 16.8 Å². The smallest absolute Gasteiger partial charge is 0.259 e. The number of nitriles is 1. The largest absolute Gasteiger partial charge is 0.325 e. The quantitative estimate of drug-likeness (QED) is 0.615. The molecule has 1 N–H and O–H groups in total. The molecule has 2 aromatic heterocycles. The standard InChI is InChI=1S/C24H21N3O3S/c1-13-4-6-14(7-5-13)19-12-31-23(27-19)17(11-25)21(29)16-8-15-18(26-22(16)30)9-24(2,3)10-20(15)28/h4-8,12,17H,9-10H2,1-3H3,(H,26,30). The summed E-state index contributed by atoms with van der Waals surface area (Å²) in [5.74, 6) is -1.96. The molecule has 6 nitrogen and oxygen atoms in total. The molecule has 1 unspecified atom stereocenters. The monoisotopic (exact) mass is 431 g/mol. The first-order chi connectivity index (χ1) is 14.7. The number of nitrogens with zero attached hydrogens (tertiary/aromatic N) is 2. The van der Waals surface area contributed by atoms with E-state index in [1.807, 2.05) is 51.1 Å². The number of carbonyl (C=O) groups is 2. The fraction of sp³-hybridized carbons (Fsp3) is 0.292. The summed E-state index contributed by atoms with van der Waals surface area (Å²) >= 11 is 1.21. The highest BCUT2D eigenvalue weighted by atomic mass is 32.1. The van der Waals surface area contributed by atoms with E-state index in [9.17, 15) is 19.6 Å². The zero-order valence-electron chi connectivity index (χ0n) is 17.5. The molecule has 2 heterocycles. The fourth-order valence-corrected chi connectivity index (χ4v) is 4.74. The number of aromatic nitrogens is 2. The van der Waals surface area contributed by atoms with Crippen LogP contribution in [-0.2, 0) is 6.42 Å². The van der Waals surface area contributed by atoms with Gasteiger partial charge in [-0.05, 0) is 24.8 Å². The Labute approximate surface area is 183 Å². The Morgan fingerprint density at radius 3 is 2.61 bits per heavy atom. The van der Waals surface area contributed by atoms with Gasteiger partial charge in [-0.1, -0.05) is 43.7 Å². The van der Waals surface area contributed by atoms with Gasteiger partial charge < -0.3 is 4.98 Å². The van der Waals surface area contributed by atoms with Gasteiger partial charge in [0.15, 0.2) is 17.5 Å². The number of ketones is 2. The lowest BCUT2D eigenvalue weighted by Crippen LogP contribution is -2.32. The van der Waals surface area contributed by atoms with E-state index in [1.54, 1.807) is 5.38 Å². The number of rotatable bonds is 4. The van der Waals surface area contributed by atoms with Gasteiger partial charge in [0.2, 0.25) is 0 Å². The molecule has 3 aromatic rings. The third kappa shape index (κ3) is 3.99. The van der Waals surface area contributed by atoms with E-state index in [0.29, 0.717) is 34.8 Å². The van der Waals surface area contributed by atoms with Crippen LogP contribution in [0.3, 0.4) is 0 Å². The van der Waals surface area contributed by atoms with E-state index in [0.717, 1.165) is 11.1 Å². The van der Waals surface area contributed by atoms with Gasteiger partial charge in [-0.15, -0.1) is 11.3 Å². The van der Waals surface area contributed by atoms with Crippen LogP contribution >= 0.6 is 11.3 Å². The Balaban J connectivity index is 1.68. The molecule has 0 saturated heterocycles. The van der Waals surface area contributed by atoms with Gasteiger partial charge in [0.05, 0.1) is 17.3 Å². The van der Waals surface area contributed by atoms with Gasteiger partial charge in [0.1, 0.15) is 5.01 Å². The number of benzene rings is 1. The Morgan fingerprint density at radius 2 is 1.94 bits per heavy atom. The van der Waals surface area contributed by atoms with Crippen LogP contribution in [0.2, 0.25) is 0 Å². The summed E-state index contributed by atoms with van der Waals surface area (Å²) < 4.78 is 0. The number of nitrogens with one attached hydrogen (secondary N) is 1. The van der Waals surface area contributed by atoms with Crippen LogP contribution in [0.1, 0.15) is 63.2 Å². The first kappa shape index (κ1) is 20.9. The molecule has 1 aromatic carbocycles. The normalized spacial score (nSPS) is 15.7. The molecular formula is C24H21N3O3S. The molecule has 0 amide bonds. The fourth-order valence-electron chi connectivity index (χ4n) is 3.87. The zero-order chi connectivity index (χ0) is 22.3. The molecule has 1 aliphatic rings. The van der Waals surface area contributed by atoms with E-state index in [2.05, 4.69) is 9.97 Å². The van der Waals surface area contributed by atoms with Crippen molar-refractivity contribution in [3.63, 3.8) is 0 Å². The number of Topliss-reactive ketones (excluding diaryl/α,β-unsaturated/α-hetero) is 2. The van der Waals surface area contributed by atoms with Gasteiger partial charge in [-0.2, -0.15) is 5.26 Å². The van der Waals surface area contributed by atoms with Gasteiger partial charge in [0.25, 0.3) is 5.56 Å². The molecule has 1 atom stereocenters. The molecule has 1 aliphatic carbocycles. The van der Waals surface area contributed by atoms with Crippen molar-refractivity contribution in [1.82, 2.24) is 9.97 Å². The summed E-state index contributed by atoms with van der Waals surface area (Å²) in [5.41, 5.74) is 2.58. The highest BCUT2D eigenvalue weighted by molar-refractivity contribution is 7.10. The minimum absolute atomic E-state index is 0.110. The van der Waals surface area contributed by atoms with Crippen LogP contribution in [-0.4, -0.2) is 21.5 Å². The van der Waals surface area contributed by atoms with Crippen molar-refractivity contribution >= 4 is 22.9 Å². The topological polar surface area (TPSA) is 104 Å². The number of pyridine rings is 1. The van der Waals surface area contributed by atoms with E-state index >= 15 is 0 Å². The minimum atomic E-state index is -1.21. The summed E-state index contributed by atoms with van der Waals surface area (Å²) in [4.78, 5) is 45.5. The second kappa shape index (κ2) is 7.71. The molecule has 156 valence electrons. The minimum Gasteiger partial charge on any atom is -0.325 e. The van der Waals surface area contributed by atoms with E-state index < -0.39 is 17.3 Å². The average Bonchev–Trinajstić information content (AvgIpc) is 3.17. The van der Waals surface area contributed by atoms with Crippen molar-refractivity contribution in [2.75, 3.05) is 0 Å². The predicted molar refractivity (Wildman–Crippen MR) is 118 cm³/mol. The number of aromatic amines is 1. The molecule has 0 fully saturated rings. The van der Waals surface area contributed by atoms with Crippen LogP contribution in [0.15, 0.2) is 40.5 Å². The van der Waals surface area contributed by atoms with Crippen molar-refractivity contribution in [1.29, 1.82) is 5.26 Å². The van der Waals surface area contributed by atoms with Crippen LogP contribution in [0.5, 0.6) is 0 Å². The Bertz CT molecular complexity index is 1290. The maximum absolute atomic E-state index is 13.1. The predicted octanol–water partition coefficient (Wildman–Crippen LogP) is 4.45. The van der Waals surface area contributed by atoms with Gasteiger partial charge in [0, 0.05) is 28.6 Å². The number of aryl methyl sites for hydroxylation is 1. The summed E-state index contributed by atoms with van der Waals surface area (Å²) in [5, 5.41) is 11.8. The van der Waals surface area contributed by atoms with Crippen LogP contribution in [0.25, 0.3) is 11.3 Å². The molecular weight excluding hydrogens is 410 g/mol. The van der Waals surface area contributed by atoms with Crippen LogP contribution < -0.4 is 5.56 Å². The molecule has 7 heteroatoms. The Morgan fingerprint density at radius 1 is 1.23 bits per heavy atom. The van der Waals surface area contributed by atoms with Crippen LogP contribution in [0.4, 0.5) is 0 Å². The van der Waals surface area contributed by atoms with Gasteiger partial charge in [-0.3, -0.25) is 14.4 Å². The highest BCUT2D eigenvalue weighted by Crippen LogP contribution is 2.34. The third-order valence-corrected chi connectivity index (χ3v) is 6.40. The molecule has 0 bridgehead atoms. The number of hydrogen-bond donors (Lipinski definition) is 1. The number of hydrogen-bond acceptors (Lipinski definition) is 6. The second-order valence-electron chi connectivity index (χ2n) is 8.71. The van der Waals surface area contributed by atoms with E-state index in [4.69, 9.17) is 0 Å². The summed E-state index contributed by atoms with van der Waals surface area (Å²) in [6.07, 6.45) is 0.888.